The number of ether oxygens (including phenoxy) is 1. The summed E-state index contributed by atoms with van der Waals surface area (Å²) < 4.78 is 5.11. The molecule has 0 aromatic heterocycles. The Kier molecular flexibility index (Phi) is 6.70. The summed E-state index contributed by atoms with van der Waals surface area (Å²) in [6, 6.07) is -0.249. The number of nitrogens with one attached hydrogen (secondary N) is 1. The maximum Gasteiger partial charge on any atom is 0.234 e. The topological polar surface area (TPSA) is 64.3 Å². The van der Waals surface area contributed by atoms with Crippen molar-refractivity contribution in [3.63, 3.8) is 0 Å². The van der Waals surface area contributed by atoms with Crippen LogP contribution < -0.4 is 11.1 Å². The maximum atomic E-state index is 10.8. The molecule has 0 radical (unpaired) electrons. The quantitative estimate of drug-likeness (QED) is 0.529. The van der Waals surface area contributed by atoms with Crippen molar-refractivity contribution >= 4 is 5.91 Å². The van der Waals surface area contributed by atoms with Crippen molar-refractivity contribution in [3.05, 3.63) is 0 Å². The molecule has 0 aromatic rings. The van der Waals surface area contributed by atoms with Crippen LogP contribution in [0.4, 0.5) is 0 Å². The highest BCUT2D eigenvalue weighted by molar-refractivity contribution is 5.79. The van der Waals surface area contributed by atoms with Crippen molar-refractivity contribution in [1.29, 1.82) is 0 Å². The zero-order valence-corrected chi connectivity index (χ0v) is 7.80. The second-order valence-corrected chi connectivity index (χ2v) is 2.50. The highest BCUT2D eigenvalue weighted by Gasteiger charge is 2.12. The van der Waals surface area contributed by atoms with Crippen LogP contribution in [0.1, 0.15) is 20.3 Å². The van der Waals surface area contributed by atoms with Crippen LogP contribution in [0.15, 0.2) is 0 Å². The Morgan fingerprint density at radius 2 is 2.25 bits per heavy atom. The Morgan fingerprint density at radius 1 is 1.58 bits per heavy atom. The van der Waals surface area contributed by atoms with Crippen LogP contribution in [-0.4, -0.2) is 31.7 Å². The van der Waals surface area contributed by atoms with E-state index in [-0.39, 0.29) is 11.9 Å². The number of primary amides is 1. The maximum absolute atomic E-state index is 10.8. The van der Waals surface area contributed by atoms with Gasteiger partial charge in [0.2, 0.25) is 5.91 Å². The first-order valence-corrected chi connectivity index (χ1v) is 4.32. The van der Waals surface area contributed by atoms with Crippen molar-refractivity contribution in [1.82, 2.24) is 5.32 Å². The Morgan fingerprint density at radius 3 is 2.67 bits per heavy atom. The van der Waals surface area contributed by atoms with Crippen LogP contribution in [0.2, 0.25) is 0 Å². The van der Waals surface area contributed by atoms with Crippen LogP contribution in [0.5, 0.6) is 0 Å². The Labute approximate surface area is 73.5 Å². The smallest absolute Gasteiger partial charge is 0.234 e. The van der Waals surface area contributed by atoms with Gasteiger partial charge in [-0.05, 0) is 19.9 Å². The SMILES string of the molecule is CCNC(CCOCC)C(N)=O. The Balaban J connectivity index is 3.56. The zero-order chi connectivity index (χ0) is 9.40. The molecule has 1 atom stereocenters. The zero-order valence-electron chi connectivity index (χ0n) is 7.80. The van der Waals surface area contributed by atoms with Crippen LogP contribution >= 0.6 is 0 Å². The van der Waals surface area contributed by atoms with Gasteiger partial charge in [-0.2, -0.15) is 0 Å². The van der Waals surface area contributed by atoms with E-state index >= 15 is 0 Å². The molecule has 3 N–H and O–H groups in total. The summed E-state index contributed by atoms with van der Waals surface area (Å²) in [5, 5.41) is 2.99. The molecule has 0 saturated carbocycles. The van der Waals surface area contributed by atoms with E-state index in [0.29, 0.717) is 19.6 Å². The number of carbonyl (C=O) groups excluding carboxylic acids is 1. The summed E-state index contributed by atoms with van der Waals surface area (Å²) >= 11 is 0. The average molecular weight is 174 g/mol. The molecule has 0 spiro atoms. The lowest BCUT2D eigenvalue weighted by atomic mass is 10.2. The molecule has 0 bridgehead atoms. The third kappa shape index (κ3) is 5.09. The van der Waals surface area contributed by atoms with Gasteiger partial charge in [-0.3, -0.25) is 4.79 Å². The summed E-state index contributed by atoms with van der Waals surface area (Å²) in [4.78, 5) is 10.8. The summed E-state index contributed by atoms with van der Waals surface area (Å²) in [6.45, 7) is 5.87. The van der Waals surface area contributed by atoms with Crippen LogP contribution in [0.25, 0.3) is 0 Å². The molecule has 4 nitrogen and oxygen atoms in total. The molecule has 0 rings (SSSR count). The number of carbonyl (C=O) groups is 1. The lowest BCUT2D eigenvalue weighted by molar-refractivity contribution is -0.120. The van der Waals surface area contributed by atoms with Crippen LogP contribution in [-0.2, 0) is 9.53 Å². The van der Waals surface area contributed by atoms with Gasteiger partial charge in [0.1, 0.15) is 0 Å². The Bertz CT molecular complexity index is 128. The van der Waals surface area contributed by atoms with E-state index in [0.717, 1.165) is 6.54 Å². The van der Waals surface area contributed by atoms with Gasteiger partial charge in [0, 0.05) is 13.2 Å². The molecule has 0 saturated heterocycles. The van der Waals surface area contributed by atoms with E-state index in [1.165, 1.54) is 0 Å². The van der Waals surface area contributed by atoms with E-state index < -0.39 is 0 Å². The number of likely N-dealkylation sites (N-methyl/N-ethyl adjacent to an activating group) is 1. The second-order valence-electron chi connectivity index (χ2n) is 2.50. The largest absolute Gasteiger partial charge is 0.382 e. The number of amides is 1. The van der Waals surface area contributed by atoms with Crippen LogP contribution in [0, 0.1) is 0 Å². The second kappa shape index (κ2) is 7.06. The van der Waals surface area contributed by atoms with E-state index in [1.54, 1.807) is 0 Å². The molecule has 4 heteroatoms. The minimum absolute atomic E-state index is 0.249. The van der Waals surface area contributed by atoms with E-state index in [4.69, 9.17) is 10.5 Å². The third-order valence-electron chi connectivity index (χ3n) is 1.55. The molecule has 0 aromatic carbocycles. The lowest BCUT2D eigenvalue weighted by Gasteiger charge is -2.13. The van der Waals surface area contributed by atoms with Gasteiger partial charge < -0.3 is 15.8 Å². The standard InChI is InChI=1S/C8H18N2O2/c1-3-10-7(8(9)11)5-6-12-4-2/h7,10H,3-6H2,1-2H3,(H2,9,11). The molecule has 0 aliphatic heterocycles. The van der Waals surface area contributed by atoms with E-state index in [9.17, 15) is 4.79 Å². The van der Waals surface area contributed by atoms with Crippen molar-refractivity contribution in [2.45, 2.75) is 26.3 Å². The van der Waals surface area contributed by atoms with E-state index in [1.807, 2.05) is 13.8 Å². The fourth-order valence-corrected chi connectivity index (χ4v) is 0.937. The van der Waals surface area contributed by atoms with Gasteiger partial charge in [-0.1, -0.05) is 6.92 Å². The van der Waals surface area contributed by atoms with Gasteiger partial charge in [-0.25, -0.2) is 0 Å². The first-order valence-electron chi connectivity index (χ1n) is 4.32. The van der Waals surface area contributed by atoms with Gasteiger partial charge in [0.15, 0.2) is 0 Å². The fraction of sp³-hybridized carbons (Fsp3) is 0.875. The molecule has 0 aliphatic carbocycles. The molecule has 12 heavy (non-hydrogen) atoms. The monoisotopic (exact) mass is 174 g/mol. The predicted molar refractivity (Wildman–Crippen MR) is 47.8 cm³/mol. The Hall–Kier alpha value is -0.610. The average Bonchev–Trinajstić information content (AvgIpc) is 2.03. The molecule has 0 aliphatic rings. The minimum Gasteiger partial charge on any atom is -0.382 e. The predicted octanol–water partition coefficient (Wildman–Crippen LogP) is -0.124. The first-order chi connectivity index (χ1) is 5.72. The molecular formula is C8H18N2O2. The van der Waals surface area contributed by atoms with Crippen LogP contribution in [0.3, 0.4) is 0 Å². The van der Waals surface area contributed by atoms with Gasteiger partial charge in [0.05, 0.1) is 6.04 Å². The van der Waals surface area contributed by atoms with Crippen molar-refractivity contribution in [3.8, 4) is 0 Å². The fourth-order valence-electron chi connectivity index (χ4n) is 0.937. The van der Waals surface area contributed by atoms with E-state index in [2.05, 4.69) is 5.32 Å². The number of nitrogens with two attached hydrogens (primary N) is 1. The van der Waals surface area contributed by atoms with Crippen molar-refractivity contribution < 1.29 is 9.53 Å². The molecule has 0 fully saturated rings. The molecule has 1 amide bonds. The summed E-state index contributed by atoms with van der Waals surface area (Å²) in [6.07, 6.45) is 0.650. The molecule has 1 unspecified atom stereocenters. The number of hydrogen-bond acceptors (Lipinski definition) is 3. The van der Waals surface area contributed by atoms with Crippen molar-refractivity contribution in [2.75, 3.05) is 19.8 Å². The number of hydrogen-bond donors (Lipinski definition) is 2. The summed E-state index contributed by atoms with van der Waals surface area (Å²) in [5.74, 6) is -0.309. The van der Waals surface area contributed by atoms with Gasteiger partial charge >= 0.3 is 0 Å². The number of rotatable bonds is 7. The third-order valence-corrected chi connectivity index (χ3v) is 1.55. The lowest BCUT2D eigenvalue weighted by Crippen LogP contribution is -2.41. The first kappa shape index (κ1) is 11.4. The van der Waals surface area contributed by atoms with Crippen molar-refractivity contribution in [2.24, 2.45) is 5.73 Å². The van der Waals surface area contributed by atoms with Gasteiger partial charge in [-0.15, -0.1) is 0 Å². The summed E-state index contributed by atoms with van der Waals surface area (Å²) in [7, 11) is 0. The summed E-state index contributed by atoms with van der Waals surface area (Å²) in [5.41, 5.74) is 5.15. The molecule has 72 valence electrons. The van der Waals surface area contributed by atoms with Gasteiger partial charge in [0.25, 0.3) is 0 Å². The normalized spacial score (nSPS) is 12.8. The molecule has 0 heterocycles. The minimum atomic E-state index is -0.309. The highest BCUT2D eigenvalue weighted by Crippen LogP contribution is 1.91. The highest BCUT2D eigenvalue weighted by atomic mass is 16.5. The molecular weight excluding hydrogens is 156 g/mol.